The Morgan fingerprint density at radius 1 is 1.29 bits per heavy atom. The second-order valence-corrected chi connectivity index (χ2v) is 5.12. The Labute approximate surface area is 123 Å². The summed E-state index contributed by atoms with van der Waals surface area (Å²) in [5, 5.41) is 6.43. The van der Waals surface area contributed by atoms with E-state index in [-0.39, 0.29) is 30.8 Å². The second kappa shape index (κ2) is 6.41. The number of rotatable bonds is 5. The summed E-state index contributed by atoms with van der Waals surface area (Å²) in [6.45, 7) is 2.04. The molecule has 2 aromatic rings. The molecule has 0 bridgehead atoms. The average molecular weight is 288 g/mol. The molecule has 112 valence electrons. The lowest BCUT2D eigenvalue weighted by atomic mass is 10.2. The lowest BCUT2D eigenvalue weighted by Crippen LogP contribution is -2.24. The molecule has 1 atom stereocenters. The van der Waals surface area contributed by atoms with Crippen molar-refractivity contribution >= 4 is 28.4 Å². The van der Waals surface area contributed by atoms with Crippen molar-refractivity contribution in [1.82, 2.24) is 9.88 Å². The molecular weight excluding hydrogens is 268 g/mol. The fourth-order valence-corrected chi connectivity index (χ4v) is 2.14. The van der Waals surface area contributed by atoms with E-state index in [4.69, 9.17) is 5.73 Å². The number of hydrogen-bond donors (Lipinski definition) is 3. The summed E-state index contributed by atoms with van der Waals surface area (Å²) < 4.78 is 1.84. The third kappa shape index (κ3) is 3.82. The Hall–Kier alpha value is -2.34. The molecule has 1 aromatic carbocycles. The van der Waals surface area contributed by atoms with Gasteiger partial charge in [0.25, 0.3) is 0 Å². The van der Waals surface area contributed by atoms with Crippen molar-refractivity contribution in [2.24, 2.45) is 5.73 Å². The van der Waals surface area contributed by atoms with Crippen LogP contribution in [-0.2, 0) is 16.1 Å². The average Bonchev–Trinajstić information content (AvgIpc) is 2.80. The summed E-state index contributed by atoms with van der Waals surface area (Å²) in [5.74, 6) is -0.187. The number of fused-ring (bicyclic) bond motifs is 1. The van der Waals surface area contributed by atoms with E-state index < -0.39 is 0 Å². The minimum atomic E-state index is -0.175. The first kappa shape index (κ1) is 15.1. The van der Waals surface area contributed by atoms with Crippen LogP contribution in [0.3, 0.4) is 0 Å². The zero-order valence-electron chi connectivity index (χ0n) is 12.2. The summed E-state index contributed by atoms with van der Waals surface area (Å²) in [5.41, 5.74) is 7.21. The fourth-order valence-electron chi connectivity index (χ4n) is 2.14. The predicted molar refractivity (Wildman–Crippen MR) is 82.9 cm³/mol. The van der Waals surface area contributed by atoms with E-state index in [9.17, 15) is 9.59 Å². The standard InChI is InChI=1S/C15H20N4O2/c1-10(16)7-14(20)18-12-4-3-11-5-6-19(13(11)8-12)9-15(21)17-2/h3-6,8,10H,7,9,16H2,1-2H3,(H,17,21)(H,18,20). The number of likely N-dealkylation sites (N-methyl/N-ethyl adjacent to an activating group) is 1. The fraction of sp³-hybridized carbons (Fsp3) is 0.333. The number of nitrogens with zero attached hydrogens (tertiary/aromatic N) is 1. The van der Waals surface area contributed by atoms with E-state index >= 15 is 0 Å². The van der Waals surface area contributed by atoms with Gasteiger partial charge in [0.05, 0.1) is 5.52 Å². The predicted octanol–water partition coefficient (Wildman–Crippen LogP) is 1.06. The van der Waals surface area contributed by atoms with Crippen molar-refractivity contribution in [3.8, 4) is 0 Å². The summed E-state index contributed by atoms with van der Waals surface area (Å²) in [6.07, 6.45) is 2.13. The second-order valence-electron chi connectivity index (χ2n) is 5.12. The molecule has 0 aliphatic rings. The quantitative estimate of drug-likeness (QED) is 0.768. The van der Waals surface area contributed by atoms with Crippen LogP contribution in [0.2, 0.25) is 0 Å². The van der Waals surface area contributed by atoms with Crippen molar-refractivity contribution in [3.63, 3.8) is 0 Å². The van der Waals surface area contributed by atoms with E-state index in [2.05, 4.69) is 10.6 Å². The van der Waals surface area contributed by atoms with Crippen LogP contribution in [-0.4, -0.2) is 29.5 Å². The number of anilines is 1. The molecule has 21 heavy (non-hydrogen) atoms. The first-order valence-electron chi connectivity index (χ1n) is 6.84. The van der Waals surface area contributed by atoms with Gasteiger partial charge in [-0.2, -0.15) is 0 Å². The van der Waals surface area contributed by atoms with E-state index in [1.54, 1.807) is 14.0 Å². The van der Waals surface area contributed by atoms with Crippen molar-refractivity contribution in [3.05, 3.63) is 30.5 Å². The minimum Gasteiger partial charge on any atom is -0.358 e. The molecular formula is C15H20N4O2. The highest BCUT2D eigenvalue weighted by molar-refractivity contribution is 5.94. The highest BCUT2D eigenvalue weighted by atomic mass is 16.2. The molecule has 1 unspecified atom stereocenters. The third-order valence-corrected chi connectivity index (χ3v) is 3.16. The largest absolute Gasteiger partial charge is 0.358 e. The Bertz CT molecular complexity index is 661. The third-order valence-electron chi connectivity index (χ3n) is 3.16. The molecule has 6 heteroatoms. The van der Waals surface area contributed by atoms with Gasteiger partial charge in [-0.15, -0.1) is 0 Å². The van der Waals surface area contributed by atoms with Crippen LogP contribution < -0.4 is 16.4 Å². The maximum Gasteiger partial charge on any atom is 0.239 e. The van der Waals surface area contributed by atoms with E-state index in [0.717, 1.165) is 10.9 Å². The normalized spacial score (nSPS) is 12.1. The van der Waals surface area contributed by atoms with E-state index in [1.807, 2.05) is 35.0 Å². The van der Waals surface area contributed by atoms with E-state index in [0.29, 0.717) is 5.69 Å². The van der Waals surface area contributed by atoms with Crippen molar-refractivity contribution in [1.29, 1.82) is 0 Å². The summed E-state index contributed by atoms with van der Waals surface area (Å²) in [4.78, 5) is 23.2. The summed E-state index contributed by atoms with van der Waals surface area (Å²) >= 11 is 0. The van der Waals surface area contributed by atoms with Crippen LogP contribution >= 0.6 is 0 Å². The van der Waals surface area contributed by atoms with Gasteiger partial charge in [-0.1, -0.05) is 6.07 Å². The Balaban J connectivity index is 2.21. The van der Waals surface area contributed by atoms with Gasteiger partial charge >= 0.3 is 0 Å². The van der Waals surface area contributed by atoms with Gasteiger partial charge in [0.1, 0.15) is 6.54 Å². The number of carbonyl (C=O) groups excluding carboxylic acids is 2. The zero-order chi connectivity index (χ0) is 15.4. The first-order chi connectivity index (χ1) is 9.99. The Kier molecular flexibility index (Phi) is 4.59. The number of benzene rings is 1. The number of aromatic nitrogens is 1. The summed E-state index contributed by atoms with van der Waals surface area (Å²) in [6, 6.07) is 7.37. The van der Waals surface area contributed by atoms with Gasteiger partial charge in [0.15, 0.2) is 0 Å². The monoisotopic (exact) mass is 288 g/mol. The molecule has 2 rings (SSSR count). The molecule has 0 spiro atoms. The maximum atomic E-state index is 11.7. The molecule has 0 saturated carbocycles. The Morgan fingerprint density at radius 2 is 2.05 bits per heavy atom. The molecule has 0 radical (unpaired) electrons. The van der Waals surface area contributed by atoms with Crippen LogP contribution in [0.5, 0.6) is 0 Å². The lowest BCUT2D eigenvalue weighted by Gasteiger charge is -2.09. The van der Waals surface area contributed by atoms with Crippen LogP contribution in [0.25, 0.3) is 10.9 Å². The molecule has 0 fully saturated rings. The van der Waals surface area contributed by atoms with Gasteiger partial charge < -0.3 is 20.9 Å². The highest BCUT2D eigenvalue weighted by Crippen LogP contribution is 2.20. The molecule has 1 aromatic heterocycles. The number of amides is 2. The molecule has 6 nitrogen and oxygen atoms in total. The van der Waals surface area contributed by atoms with Crippen LogP contribution in [0.1, 0.15) is 13.3 Å². The lowest BCUT2D eigenvalue weighted by molar-refractivity contribution is -0.121. The molecule has 0 aliphatic heterocycles. The van der Waals surface area contributed by atoms with Crippen molar-refractivity contribution in [2.75, 3.05) is 12.4 Å². The first-order valence-corrected chi connectivity index (χ1v) is 6.84. The number of carbonyl (C=O) groups is 2. The van der Waals surface area contributed by atoms with Gasteiger partial charge in [-0.3, -0.25) is 9.59 Å². The minimum absolute atomic E-state index is 0.0705. The van der Waals surface area contributed by atoms with Crippen LogP contribution in [0.15, 0.2) is 30.5 Å². The summed E-state index contributed by atoms with van der Waals surface area (Å²) in [7, 11) is 1.60. The molecule has 0 aliphatic carbocycles. The highest BCUT2D eigenvalue weighted by Gasteiger charge is 2.08. The SMILES string of the molecule is CNC(=O)Cn1ccc2ccc(NC(=O)CC(C)N)cc21. The van der Waals surface area contributed by atoms with Crippen molar-refractivity contribution < 1.29 is 9.59 Å². The number of hydrogen-bond acceptors (Lipinski definition) is 3. The smallest absolute Gasteiger partial charge is 0.239 e. The molecule has 0 saturated heterocycles. The zero-order valence-corrected chi connectivity index (χ0v) is 12.2. The number of nitrogens with one attached hydrogen (secondary N) is 2. The topological polar surface area (TPSA) is 89.2 Å². The van der Waals surface area contributed by atoms with Crippen molar-refractivity contribution in [2.45, 2.75) is 25.9 Å². The van der Waals surface area contributed by atoms with Gasteiger partial charge in [0, 0.05) is 31.4 Å². The number of nitrogens with two attached hydrogens (primary N) is 1. The van der Waals surface area contributed by atoms with Crippen LogP contribution in [0, 0.1) is 0 Å². The Morgan fingerprint density at radius 3 is 2.71 bits per heavy atom. The van der Waals surface area contributed by atoms with Gasteiger partial charge in [-0.25, -0.2) is 0 Å². The van der Waals surface area contributed by atoms with E-state index in [1.165, 1.54) is 0 Å². The maximum absolute atomic E-state index is 11.7. The molecule has 2 amide bonds. The van der Waals surface area contributed by atoms with Gasteiger partial charge in [0.2, 0.25) is 11.8 Å². The molecule has 1 heterocycles. The molecule has 4 N–H and O–H groups in total. The van der Waals surface area contributed by atoms with Gasteiger partial charge in [-0.05, 0) is 30.5 Å². The van der Waals surface area contributed by atoms with Crippen LogP contribution in [0.4, 0.5) is 5.69 Å².